The highest BCUT2D eigenvalue weighted by Gasteiger charge is 2.29. The van der Waals surface area contributed by atoms with Gasteiger partial charge in [-0.1, -0.05) is 47.3 Å². The summed E-state index contributed by atoms with van der Waals surface area (Å²) in [5.74, 6) is 0. The van der Waals surface area contributed by atoms with Gasteiger partial charge in [-0.25, -0.2) is 0 Å². The zero-order chi connectivity index (χ0) is 10.9. The molecule has 0 spiro atoms. The van der Waals surface area contributed by atoms with Crippen LogP contribution in [0, 0.1) is 6.92 Å². The molecule has 1 fully saturated rings. The summed E-state index contributed by atoms with van der Waals surface area (Å²) in [5, 5.41) is 0. The molecule has 0 aliphatic heterocycles. The first-order valence-electron chi connectivity index (χ1n) is 5.67. The van der Waals surface area contributed by atoms with Crippen LogP contribution in [0.3, 0.4) is 0 Å². The molecule has 1 aliphatic carbocycles. The van der Waals surface area contributed by atoms with Gasteiger partial charge in [0.05, 0.1) is 0 Å². The summed E-state index contributed by atoms with van der Waals surface area (Å²) < 4.78 is 1.18. The zero-order valence-electron chi connectivity index (χ0n) is 9.22. The number of hydrogen-bond acceptors (Lipinski definition) is 1. The predicted molar refractivity (Wildman–Crippen MR) is 67.8 cm³/mol. The smallest absolute Gasteiger partial charge is 0.0410 e. The van der Waals surface area contributed by atoms with Crippen LogP contribution in [0.15, 0.2) is 22.7 Å². The maximum Gasteiger partial charge on any atom is 0.0410 e. The van der Waals surface area contributed by atoms with Gasteiger partial charge in [0.1, 0.15) is 0 Å². The number of benzene rings is 1. The van der Waals surface area contributed by atoms with E-state index in [-0.39, 0.29) is 5.54 Å². The molecule has 1 aromatic carbocycles. The fourth-order valence-corrected chi connectivity index (χ4v) is 2.75. The second kappa shape index (κ2) is 4.26. The molecule has 0 atom stereocenters. The van der Waals surface area contributed by atoms with Gasteiger partial charge in [-0.15, -0.1) is 0 Å². The van der Waals surface area contributed by atoms with Crippen molar-refractivity contribution in [2.75, 3.05) is 0 Å². The molecule has 82 valence electrons. The number of nitrogens with two attached hydrogens (primary N) is 1. The molecule has 0 aromatic heterocycles. The molecule has 1 aromatic rings. The van der Waals surface area contributed by atoms with Crippen molar-refractivity contribution in [2.45, 2.75) is 44.6 Å². The molecule has 1 nitrogen and oxygen atoms in total. The summed E-state index contributed by atoms with van der Waals surface area (Å²) in [5.41, 5.74) is 8.97. The predicted octanol–water partition coefficient (Wildman–Crippen LogP) is 3.88. The van der Waals surface area contributed by atoms with Crippen LogP contribution in [-0.4, -0.2) is 0 Å². The standard InChI is InChI=1S/C13H18BrN/c1-10-5-6-11(9-12(10)14)13(15)7-3-2-4-8-13/h5-6,9H,2-4,7-8,15H2,1H3. The third-order valence-corrected chi connectivity index (χ3v) is 4.35. The molecule has 2 N–H and O–H groups in total. The van der Waals surface area contributed by atoms with E-state index in [1.54, 1.807) is 0 Å². The molecule has 0 saturated heterocycles. The lowest BCUT2D eigenvalue weighted by molar-refractivity contribution is 0.302. The highest BCUT2D eigenvalue weighted by atomic mass is 79.9. The van der Waals surface area contributed by atoms with E-state index in [1.807, 2.05) is 0 Å². The van der Waals surface area contributed by atoms with Crippen molar-refractivity contribution >= 4 is 15.9 Å². The van der Waals surface area contributed by atoms with Gasteiger partial charge in [0.2, 0.25) is 0 Å². The Morgan fingerprint density at radius 2 is 1.87 bits per heavy atom. The number of halogens is 1. The van der Waals surface area contributed by atoms with E-state index in [2.05, 4.69) is 41.1 Å². The number of aryl methyl sites for hydroxylation is 1. The minimum atomic E-state index is -0.0749. The quantitative estimate of drug-likeness (QED) is 0.821. The van der Waals surface area contributed by atoms with Gasteiger partial charge in [0.25, 0.3) is 0 Å². The van der Waals surface area contributed by atoms with Crippen LogP contribution in [0.25, 0.3) is 0 Å². The number of hydrogen-bond donors (Lipinski definition) is 1. The topological polar surface area (TPSA) is 26.0 Å². The Hall–Kier alpha value is -0.340. The van der Waals surface area contributed by atoms with Crippen LogP contribution in [0.1, 0.15) is 43.2 Å². The van der Waals surface area contributed by atoms with E-state index in [1.165, 1.54) is 34.9 Å². The third-order valence-electron chi connectivity index (χ3n) is 3.49. The maximum atomic E-state index is 6.48. The average Bonchev–Trinajstić information content (AvgIpc) is 2.23. The van der Waals surface area contributed by atoms with Crippen molar-refractivity contribution in [1.29, 1.82) is 0 Å². The minimum absolute atomic E-state index is 0.0749. The van der Waals surface area contributed by atoms with Gasteiger partial charge in [0.15, 0.2) is 0 Å². The van der Waals surface area contributed by atoms with Gasteiger partial charge in [-0.2, -0.15) is 0 Å². The summed E-state index contributed by atoms with van der Waals surface area (Å²) >= 11 is 3.58. The van der Waals surface area contributed by atoms with Crippen molar-refractivity contribution < 1.29 is 0 Å². The maximum absolute atomic E-state index is 6.48. The van der Waals surface area contributed by atoms with Crippen LogP contribution >= 0.6 is 15.9 Å². The summed E-state index contributed by atoms with van der Waals surface area (Å²) in [6, 6.07) is 6.54. The van der Waals surface area contributed by atoms with Crippen LogP contribution < -0.4 is 5.73 Å². The molecule has 0 heterocycles. The first-order valence-corrected chi connectivity index (χ1v) is 6.47. The monoisotopic (exact) mass is 267 g/mol. The molecule has 2 rings (SSSR count). The molecule has 15 heavy (non-hydrogen) atoms. The zero-order valence-corrected chi connectivity index (χ0v) is 10.8. The molecule has 1 saturated carbocycles. The molecular weight excluding hydrogens is 250 g/mol. The summed E-state index contributed by atoms with van der Waals surface area (Å²) in [6.07, 6.45) is 6.13. The first-order chi connectivity index (χ1) is 7.12. The largest absolute Gasteiger partial charge is 0.321 e. The highest BCUT2D eigenvalue weighted by molar-refractivity contribution is 9.10. The fourth-order valence-electron chi connectivity index (χ4n) is 2.37. The van der Waals surface area contributed by atoms with Crippen LogP contribution in [0.2, 0.25) is 0 Å². The lowest BCUT2D eigenvalue weighted by atomic mass is 9.77. The van der Waals surface area contributed by atoms with Crippen molar-refractivity contribution in [2.24, 2.45) is 5.73 Å². The SMILES string of the molecule is Cc1ccc(C2(N)CCCCC2)cc1Br. The summed E-state index contributed by atoms with van der Waals surface area (Å²) in [7, 11) is 0. The van der Waals surface area contributed by atoms with Crippen molar-refractivity contribution in [3.63, 3.8) is 0 Å². The Morgan fingerprint density at radius 1 is 1.20 bits per heavy atom. The second-order valence-electron chi connectivity index (χ2n) is 4.68. The third kappa shape index (κ3) is 2.26. The Kier molecular flexibility index (Phi) is 3.17. The Morgan fingerprint density at radius 3 is 2.47 bits per heavy atom. The van der Waals surface area contributed by atoms with Gasteiger partial charge >= 0.3 is 0 Å². The van der Waals surface area contributed by atoms with E-state index in [0.717, 1.165) is 12.8 Å². The number of rotatable bonds is 1. The normalized spacial score (nSPS) is 20.2. The fraction of sp³-hybridized carbons (Fsp3) is 0.538. The highest BCUT2D eigenvalue weighted by Crippen LogP contribution is 2.36. The van der Waals surface area contributed by atoms with Crippen molar-refractivity contribution in [1.82, 2.24) is 0 Å². The van der Waals surface area contributed by atoms with E-state index < -0.39 is 0 Å². The minimum Gasteiger partial charge on any atom is -0.321 e. The molecule has 0 radical (unpaired) electrons. The molecule has 2 heteroatoms. The van der Waals surface area contributed by atoms with E-state index in [0.29, 0.717) is 0 Å². The lowest BCUT2D eigenvalue weighted by Gasteiger charge is -2.34. The van der Waals surface area contributed by atoms with E-state index in [4.69, 9.17) is 5.73 Å². The van der Waals surface area contributed by atoms with Crippen LogP contribution in [0.4, 0.5) is 0 Å². The average molecular weight is 268 g/mol. The van der Waals surface area contributed by atoms with Crippen LogP contribution in [-0.2, 0) is 5.54 Å². The molecule has 0 amide bonds. The molecular formula is C13H18BrN. The lowest BCUT2D eigenvalue weighted by Crippen LogP contribution is -2.38. The van der Waals surface area contributed by atoms with E-state index in [9.17, 15) is 0 Å². The Bertz CT molecular complexity index is 354. The van der Waals surface area contributed by atoms with Gasteiger partial charge < -0.3 is 5.73 Å². The van der Waals surface area contributed by atoms with Gasteiger partial charge in [-0.3, -0.25) is 0 Å². The Balaban J connectivity index is 2.31. The Labute approximate surface area is 100 Å². The van der Waals surface area contributed by atoms with Crippen LogP contribution in [0.5, 0.6) is 0 Å². The van der Waals surface area contributed by atoms with Gasteiger partial charge in [-0.05, 0) is 37.0 Å². The van der Waals surface area contributed by atoms with Gasteiger partial charge in [0, 0.05) is 10.0 Å². The van der Waals surface area contributed by atoms with Crippen molar-refractivity contribution in [3.05, 3.63) is 33.8 Å². The first kappa shape index (κ1) is 11.2. The molecule has 0 bridgehead atoms. The molecule has 1 aliphatic rings. The van der Waals surface area contributed by atoms with E-state index >= 15 is 0 Å². The molecule has 0 unspecified atom stereocenters. The van der Waals surface area contributed by atoms with Crippen molar-refractivity contribution in [3.8, 4) is 0 Å². The summed E-state index contributed by atoms with van der Waals surface area (Å²) in [4.78, 5) is 0. The summed E-state index contributed by atoms with van der Waals surface area (Å²) in [6.45, 7) is 2.11. The second-order valence-corrected chi connectivity index (χ2v) is 5.54.